The number of urea groups is 1. The first-order chi connectivity index (χ1) is 18.0. The number of carbonyl (C=O) groups excluding carboxylic acids is 3. The van der Waals surface area contributed by atoms with Gasteiger partial charge in [-0.05, 0) is 42.5 Å². The Morgan fingerprint density at radius 3 is 2.21 bits per heavy atom. The van der Waals surface area contributed by atoms with Crippen LogP contribution in [0.15, 0.2) is 54.6 Å². The Balaban J connectivity index is 1.31. The smallest absolute Gasteiger partial charge is 0.352 e. The van der Waals surface area contributed by atoms with Crippen molar-refractivity contribution in [2.24, 2.45) is 0 Å². The van der Waals surface area contributed by atoms with Crippen LogP contribution in [0.3, 0.4) is 0 Å². The van der Waals surface area contributed by atoms with Crippen molar-refractivity contribution in [3.05, 3.63) is 81.3 Å². The zero-order valence-electron chi connectivity index (χ0n) is 19.4. The summed E-state index contributed by atoms with van der Waals surface area (Å²) in [7, 11) is 0. The molecule has 4 amide bonds. The van der Waals surface area contributed by atoms with Gasteiger partial charge in [-0.2, -0.15) is 13.2 Å². The maximum absolute atomic E-state index is 13.3. The maximum Gasteiger partial charge on any atom is 0.417 e. The Morgan fingerprint density at radius 2 is 1.58 bits per heavy atom. The number of amides is 4. The van der Waals surface area contributed by atoms with Crippen molar-refractivity contribution in [2.75, 3.05) is 36.4 Å². The first-order valence-electron chi connectivity index (χ1n) is 11.1. The number of imide groups is 1. The Morgan fingerprint density at radius 1 is 0.868 bits per heavy atom. The van der Waals surface area contributed by atoms with Gasteiger partial charge in [0.2, 0.25) is 0 Å². The third-order valence-corrected chi connectivity index (χ3v) is 6.39. The molecule has 0 spiro atoms. The van der Waals surface area contributed by atoms with Gasteiger partial charge < -0.3 is 9.80 Å². The molecule has 2 N–H and O–H groups in total. The second-order valence-electron chi connectivity index (χ2n) is 8.14. The van der Waals surface area contributed by atoms with Gasteiger partial charge in [-0.1, -0.05) is 35.3 Å². The standard InChI is InChI=1S/C24H19Cl2F3N6O3/c25-17-6-5-14(13-18(17)26)21(36)31-23(38)30-19-7-8-20(33-32-19)34-9-11-35(12-10-34)22(37)15-3-1-2-4-16(15)24(27,28)29/h1-8,13H,9-12H2,(H2,30,31,32,36,38). The number of nitrogens with one attached hydrogen (secondary N) is 2. The van der Waals surface area contributed by atoms with E-state index in [2.05, 4.69) is 20.8 Å². The highest BCUT2D eigenvalue weighted by molar-refractivity contribution is 6.42. The number of nitrogens with zero attached hydrogens (tertiary/aromatic N) is 4. The lowest BCUT2D eigenvalue weighted by molar-refractivity contribution is -0.138. The molecule has 4 rings (SSSR count). The number of rotatable bonds is 4. The summed E-state index contributed by atoms with van der Waals surface area (Å²) in [5.41, 5.74) is -1.22. The van der Waals surface area contributed by atoms with E-state index in [4.69, 9.17) is 23.2 Å². The van der Waals surface area contributed by atoms with E-state index in [0.29, 0.717) is 18.9 Å². The molecule has 0 aliphatic carbocycles. The normalized spacial score (nSPS) is 13.7. The van der Waals surface area contributed by atoms with Crippen LogP contribution in [0.1, 0.15) is 26.3 Å². The van der Waals surface area contributed by atoms with Gasteiger partial charge in [-0.3, -0.25) is 20.2 Å². The number of hydrogen-bond donors (Lipinski definition) is 2. The quantitative estimate of drug-likeness (QED) is 0.473. The molecule has 38 heavy (non-hydrogen) atoms. The van der Waals surface area contributed by atoms with Crippen LogP contribution < -0.4 is 15.5 Å². The van der Waals surface area contributed by atoms with Gasteiger partial charge in [0.15, 0.2) is 11.6 Å². The van der Waals surface area contributed by atoms with Gasteiger partial charge >= 0.3 is 12.2 Å². The van der Waals surface area contributed by atoms with E-state index in [-0.39, 0.29) is 40.1 Å². The molecule has 1 saturated heterocycles. The van der Waals surface area contributed by atoms with Gasteiger partial charge in [-0.25, -0.2) is 4.79 Å². The Hall–Kier alpha value is -3.90. The van der Waals surface area contributed by atoms with Crippen molar-refractivity contribution in [2.45, 2.75) is 6.18 Å². The molecular formula is C24H19Cl2F3N6O3. The highest BCUT2D eigenvalue weighted by atomic mass is 35.5. The Kier molecular flexibility index (Phi) is 8.02. The molecule has 0 unspecified atom stereocenters. The minimum atomic E-state index is -4.63. The van der Waals surface area contributed by atoms with Crippen molar-refractivity contribution in [3.63, 3.8) is 0 Å². The zero-order chi connectivity index (χ0) is 27.4. The molecule has 1 aromatic heterocycles. The molecular weight excluding hydrogens is 548 g/mol. The van der Waals surface area contributed by atoms with E-state index < -0.39 is 29.6 Å². The fourth-order valence-corrected chi connectivity index (χ4v) is 4.04. The van der Waals surface area contributed by atoms with E-state index in [1.54, 1.807) is 6.07 Å². The topological polar surface area (TPSA) is 108 Å². The van der Waals surface area contributed by atoms with Crippen molar-refractivity contribution in [1.29, 1.82) is 0 Å². The molecule has 3 aromatic rings. The second kappa shape index (κ2) is 11.2. The molecule has 0 bridgehead atoms. The number of benzene rings is 2. The minimum Gasteiger partial charge on any atom is -0.352 e. The average Bonchev–Trinajstić information content (AvgIpc) is 2.90. The summed E-state index contributed by atoms with van der Waals surface area (Å²) in [6, 6.07) is 11.1. The fourth-order valence-electron chi connectivity index (χ4n) is 3.75. The molecule has 1 aliphatic rings. The summed E-state index contributed by atoms with van der Waals surface area (Å²) < 4.78 is 39.9. The number of aromatic nitrogens is 2. The summed E-state index contributed by atoms with van der Waals surface area (Å²) >= 11 is 11.7. The van der Waals surface area contributed by atoms with E-state index in [0.717, 1.165) is 6.07 Å². The van der Waals surface area contributed by atoms with Crippen LogP contribution in [-0.2, 0) is 6.18 Å². The predicted molar refractivity (Wildman–Crippen MR) is 135 cm³/mol. The zero-order valence-corrected chi connectivity index (χ0v) is 20.9. The largest absolute Gasteiger partial charge is 0.417 e. The molecule has 198 valence electrons. The van der Waals surface area contributed by atoms with E-state index in [9.17, 15) is 27.6 Å². The van der Waals surface area contributed by atoms with Gasteiger partial charge in [-0.15, -0.1) is 10.2 Å². The van der Waals surface area contributed by atoms with E-state index in [1.807, 2.05) is 4.90 Å². The minimum absolute atomic E-state index is 0.0748. The monoisotopic (exact) mass is 566 g/mol. The van der Waals surface area contributed by atoms with Crippen LogP contribution >= 0.6 is 23.2 Å². The van der Waals surface area contributed by atoms with Gasteiger partial charge in [0, 0.05) is 31.7 Å². The summed E-state index contributed by atoms with van der Waals surface area (Å²) in [5, 5.41) is 12.9. The molecule has 1 aliphatic heterocycles. The highest BCUT2D eigenvalue weighted by Gasteiger charge is 2.36. The van der Waals surface area contributed by atoms with Crippen molar-refractivity contribution >= 4 is 52.7 Å². The number of anilines is 2. The Bertz CT molecular complexity index is 1360. The lowest BCUT2D eigenvalue weighted by atomic mass is 10.1. The van der Waals surface area contributed by atoms with Crippen LogP contribution in [0.5, 0.6) is 0 Å². The molecule has 0 radical (unpaired) electrons. The molecule has 1 fully saturated rings. The molecule has 0 atom stereocenters. The average molecular weight is 567 g/mol. The van der Waals surface area contributed by atoms with Crippen LogP contribution in [0, 0.1) is 0 Å². The lowest BCUT2D eigenvalue weighted by Gasteiger charge is -2.35. The van der Waals surface area contributed by atoms with Crippen LogP contribution in [0.4, 0.5) is 29.6 Å². The molecule has 2 aromatic carbocycles. The van der Waals surface area contributed by atoms with Crippen LogP contribution in [-0.4, -0.2) is 59.1 Å². The third kappa shape index (κ3) is 6.32. The second-order valence-corrected chi connectivity index (χ2v) is 8.95. The maximum atomic E-state index is 13.3. The third-order valence-electron chi connectivity index (χ3n) is 5.65. The molecule has 0 saturated carbocycles. The number of halogens is 5. The predicted octanol–water partition coefficient (Wildman–Crippen LogP) is 4.73. The van der Waals surface area contributed by atoms with E-state index in [1.165, 1.54) is 47.4 Å². The van der Waals surface area contributed by atoms with Crippen LogP contribution in [0.25, 0.3) is 0 Å². The van der Waals surface area contributed by atoms with E-state index >= 15 is 0 Å². The summed E-state index contributed by atoms with van der Waals surface area (Å²) in [5.74, 6) is -0.864. The van der Waals surface area contributed by atoms with Crippen molar-refractivity contribution in [3.8, 4) is 0 Å². The first-order valence-corrected chi connectivity index (χ1v) is 11.9. The highest BCUT2D eigenvalue weighted by Crippen LogP contribution is 2.32. The summed E-state index contributed by atoms with van der Waals surface area (Å²) in [6.07, 6.45) is -4.63. The molecule has 14 heteroatoms. The number of hydrogen-bond acceptors (Lipinski definition) is 6. The first kappa shape index (κ1) is 27.1. The van der Waals surface area contributed by atoms with Crippen molar-refractivity contribution < 1.29 is 27.6 Å². The lowest BCUT2D eigenvalue weighted by Crippen LogP contribution is -2.49. The summed E-state index contributed by atoms with van der Waals surface area (Å²) in [4.78, 5) is 40.3. The molecule has 9 nitrogen and oxygen atoms in total. The number of carbonyl (C=O) groups is 3. The molecule has 2 heterocycles. The number of alkyl halides is 3. The Labute approximate surface area is 224 Å². The number of piperazine rings is 1. The van der Waals surface area contributed by atoms with Crippen molar-refractivity contribution in [1.82, 2.24) is 20.4 Å². The van der Waals surface area contributed by atoms with Gasteiger partial charge in [0.25, 0.3) is 11.8 Å². The van der Waals surface area contributed by atoms with Gasteiger partial charge in [0.1, 0.15) is 0 Å². The summed E-state index contributed by atoms with van der Waals surface area (Å²) in [6.45, 7) is 1.01. The van der Waals surface area contributed by atoms with Gasteiger partial charge in [0.05, 0.1) is 21.2 Å². The van der Waals surface area contributed by atoms with Crippen LogP contribution in [0.2, 0.25) is 10.0 Å². The fraction of sp³-hybridized carbons (Fsp3) is 0.208. The SMILES string of the molecule is O=C(NC(=O)c1ccc(Cl)c(Cl)c1)Nc1ccc(N2CCN(C(=O)c3ccccc3C(F)(F)F)CC2)nn1.